The van der Waals surface area contributed by atoms with Crippen molar-refractivity contribution in [1.29, 1.82) is 0 Å². The number of fused-ring (bicyclic) bond motifs is 1. The molecular formula is C22H26N2O3. The first-order chi connectivity index (χ1) is 13.0. The van der Waals surface area contributed by atoms with E-state index in [1.807, 2.05) is 30.3 Å². The van der Waals surface area contributed by atoms with Crippen LogP contribution in [0.2, 0.25) is 0 Å². The highest BCUT2D eigenvalue weighted by Crippen LogP contribution is 2.35. The third-order valence-corrected chi connectivity index (χ3v) is 5.35. The summed E-state index contributed by atoms with van der Waals surface area (Å²) in [6.45, 7) is 7.55. The van der Waals surface area contributed by atoms with E-state index >= 15 is 0 Å². The van der Waals surface area contributed by atoms with Crippen molar-refractivity contribution < 1.29 is 14.6 Å². The van der Waals surface area contributed by atoms with Gasteiger partial charge in [-0.2, -0.15) is 0 Å². The topological polar surface area (TPSA) is 53.0 Å². The third-order valence-electron chi connectivity index (χ3n) is 5.35. The van der Waals surface area contributed by atoms with Gasteiger partial charge < -0.3 is 14.7 Å². The second-order valence-corrected chi connectivity index (χ2v) is 7.63. The van der Waals surface area contributed by atoms with Gasteiger partial charge in [0, 0.05) is 37.3 Å². The van der Waals surface area contributed by atoms with Gasteiger partial charge in [-0.05, 0) is 50.1 Å². The highest BCUT2D eigenvalue weighted by Gasteiger charge is 2.27. The molecule has 142 valence electrons. The van der Waals surface area contributed by atoms with Gasteiger partial charge in [0.15, 0.2) is 0 Å². The number of nitrogens with zero attached hydrogens (tertiary/aromatic N) is 2. The molecular weight excluding hydrogens is 340 g/mol. The summed E-state index contributed by atoms with van der Waals surface area (Å²) in [5, 5.41) is 9.98. The lowest BCUT2D eigenvalue weighted by Gasteiger charge is -2.35. The highest BCUT2D eigenvalue weighted by atomic mass is 16.5. The first-order valence-corrected chi connectivity index (χ1v) is 9.60. The summed E-state index contributed by atoms with van der Waals surface area (Å²) in [6, 6.07) is 13.3. The van der Waals surface area contributed by atoms with Crippen LogP contribution >= 0.6 is 0 Å². The number of morpholine rings is 1. The minimum absolute atomic E-state index is 0.0143. The summed E-state index contributed by atoms with van der Waals surface area (Å²) in [6.07, 6.45) is 1.20. The van der Waals surface area contributed by atoms with Crippen LogP contribution in [0.5, 0.6) is 5.75 Å². The Bertz CT molecular complexity index is 824. The van der Waals surface area contributed by atoms with E-state index in [4.69, 9.17) is 4.74 Å². The Balaban J connectivity index is 1.45. The van der Waals surface area contributed by atoms with Crippen molar-refractivity contribution in [2.75, 3.05) is 24.5 Å². The molecule has 2 atom stereocenters. The maximum atomic E-state index is 12.9. The summed E-state index contributed by atoms with van der Waals surface area (Å²) in [4.78, 5) is 17.1. The predicted octanol–water partition coefficient (Wildman–Crippen LogP) is 3.20. The summed E-state index contributed by atoms with van der Waals surface area (Å²) >= 11 is 0. The fourth-order valence-corrected chi connectivity index (χ4v) is 4.21. The van der Waals surface area contributed by atoms with Crippen molar-refractivity contribution in [3.63, 3.8) is 0 Å². The second-order valence-electron chi connectivity index (χ2n) is 7.63. The largest absolute Gasteiger partial charge is 0.508 e. The van der Waals surface area contributed by atoms with Gasteiger partial charge in [-0.25, -0.2) is 0 Å². The maximum absolute atomic E-state index is 12.9. The van der Waals surface area contributed by atoms with Gasteiger partial charge in [0.1, 0.15) is 5.75 Å². The number of carbonyl (C=O) groups excluding carboxylic acids is 1. The van der Waals surface area contributed by atoms with Gasteiger partial charge in [-0.1, -0.05) is 18.2 Å². The number of phenolic OH excluding ortho intramolecular Hbond substituents is 1. The lowest BCUT2D eigenvalue weighted by atomic mass is 10.1. The van der Waals surface area contributed by atoms with Crippen molar-refractivity contribution in [1.82, 2.24) is 4.90 Å². The Morgan fingerprint density at radius 1 is 1.11 bits per heavy atom. The zero-order chi connectivity index (χ0) is 19.0. The van der Waals surface area contributed by atoms with E-state index in [0.29, 0.717) is 18.5 Å². The van der Waals surface area contributed by atoms with Crippen LogP contribution in [0.15, 0.2) is 42.5 Å². The summed E-state index contributed by atoms with van der Waals surface area (Å²) in [7, 11) is 0. The Kier molecular flexibility index (Phi) is 4.89. The Labute approximate surface area is 160 Å². The number of hydrogen-bond acceptors (Lipinski definition) is 4. The molecule has 0 bridgehead atoms. The normalized spacial score (nSPS) is 22.7. The van der Waals surface area contributed by atoms with E-state index in [2.05, 4.69) is 18.7 Å². The quantitative estimate of drug-likeness (QED) is 0.906. The molecule has 5 heteroatoms. The summed E-state index contributed by atoms with van der Waals surface area (Å²) < 4.78 is 5.79. The van der Waals surface area contributed by atoms with E-state index in [1.165, 1.54) is 5.56 Å². The molecule has 0 unspecified atom stereocenters. The molecule has 5 nitrogen and oxygen atoms in total. The first kappa shape index (κ1) is 18.0. The Morgan fingerprint density at radius 3 is 2.52 bits per heavy atom. The molecule has 0 saturated carbocycles. The van der Waals surface area contributed by atoms with E-state index in [-0.39, 0.29) is 23.9 Å². The zero-order valence-electron chi connectivity index (χ0n) is 15.9. The van der Waals surface area contributed by atoms with Crippen LogP contribution in [0.4, 0.5) is 5.69 Å². The average Bonchev–Trinajstić information content (AvgIpc) is 3.06. The number of carbonyl (C=O) groups is 1. The van der Waals surface area contributed by atoms with Crippen molar-refractivity contribution in [2.24, 2.45) is 0 Å². The minimum atomic E-state index is -0.0143. The molecule has 2 aliphatic rings. The van der Waals surface area contributed by atoms with Gasteiger partial charge >= 0.3 is 0 Å². The molecule has 27 heavy (non-hydrogen) atoms. The number of aromatic hydroxyl groups is 1. The summed E-state index contributed by atoms with van der Waals surface area (Å²) in [5.41, 5.74) is 3.56. The zero-order valence-corrected chi connectivity index (χ0v) is 15.9. The lowest BCUT2D eigenvalue weighted by molar-refractivity contribution is -0.0704. The van der Waals surface area contributed by atoms with Gasteiger partial charge in [-0.3, -0.25) is 9.69 Å². The Morgan fingerprint density at radius 2 is 1.81 bits per heavy atom. The standard InChI is InChI=1S/C22H26N2O3/c1-15-12-23(13-16(2)27-15)14-17-6-8-18(9-7-17)22(26)24-11-10-19-20(24)4-3-5-21(19)25/h3-9,15-16,25H,10-14H2,1-2H3/t15-,16-/m0/s1. The molecule has 1 amide bonds. The molecule has 0 radical (unpaired) electrons. The minimum Gasteiger partial charge on any atom is -0.508 e. The fourth-order valence-electron chi connectivity index (χ4n) is 4.21. The van der Waals surface area contributed by atoms with Crippen LogP contribution in [0, 0.1) is 0 Å². The molecule has 1 N–H and O–H groups in total. The van der Waals surface area contributed by atoms with Crippen LogP contribution in [-0.4, -0.2) is 47.8 Å². The molecule has 2 aliphatic heterocycles. The van der Waals surface area contributed by atoms with Gasteiger partial charge in [0.05, 0.1) is 17.9 Å². The molecule has 4 rings (SSSR count). The predicted molar refractivity (Wildman–Crippen MR) is 105 cm³/mol. The molecule has 2 heterocycles. The molecule has 2 aromatic rings. The van der Waals surface area contributed by atoms with Gasteiger partial charge in [0.2, 0.25) is 0 Å². The van der Waals surface area contributed by atoms with Crippen LogP contribution in [0.25, 0.3) is 0 Å². The maximum Gasteiger partial charge on any atom is 0.258 e. The fraction of sp³-hybridized carbons (Fsp3) is 0.409. The van der Waals surface area contributed by atoms with Crippen LogP contribution in [0.1, 0.15) is 35.3 Å². The van der Waals surface area contributed by atoms with Gasteiger partial charge in [-0.15, -0.1) is 0 Å². The lowest BCUT2D eigenvalue weighted by Crippen LogP contribution is -2.44. The number of anilines is 1. The summed E-state index contributed by atoms with van der Waals surface area (Å²) in [5.74, 6) is 0.256. The smallest absolute Gasteiger partial charge is 0.258 e. The number of ether oxygens (including phenoxy) is 1. The Hall–Kier alpha value is -2.37. The SMILES string of the molecule is C[C@H]1CN(Cc2ccc(C(=O)N3CCc4c(O)cccc43)cc2)C[C@H](C)O1. The van der Waals surface area contributed by atoms with Crippen LogP contribution < -0.4 is 4.90 Å². The number of amides is 1. The van der Waals surface area contributed by atoms with E-state index in [9.17, 15) is 9.90 Å². The molecule has 1 saturated heterocycles. The molecule has 0 aliphatic carbocycles. The third kappa shape index (κ3) is 3.70. The number of hydrogen-bond donors (Lipinski definition) is 1. The van der Waals surface area contributed by atoms with Crippen molar-refractivity contribution >= 4 is 11.6 Å². The average molecular weight is 366 g/mol. The van der Waals surface area contributed by atoms with E-state index in [1.54, 1.807) is 17.0 Å². The molecule has 0 spiro atoms. The molecule has 2 aromatic carbocycles. The monoisotopic (exact) mass is 366 g/mol. The van der Waals surface area contributed by atoms with Crippen molar-refractivity contribution in [3.05, 3.63) is 59.2 Å². The first-order valence-electron chi connectivity index (χ1n) is 9.60. The van der Waals surface area contributed by atoms with Crippen LogP contribution in [-0.2, 0) is 17.7 Å². The van der Waals surface area contributed by atoms with Gasteiger partial charge in [0.25, 0.3) is 5.91 Å². The number of benzene rings is 2. The number of phenols is 1. The molecule has 0 aromatic heterocycles. The van der Waals surface area contributed by atoms with E-state index < -0.39 is 0 Å². The molecule has 1 fully saturated rings. The van der Waals surface area contributed by atoms with E-state index in [0.717, 1.165) is 30.9 Å². The number of rotatable bonds is 3. The van der Waals surface area contributed by atoms with Crippen LogP contribution in [0.3, 0.4) is 0 Å². The van der Waals surface area contributed by atoms with Crippen molar-refractivity contribution in [2.45, 2.75) is 39.0 Å². The second kappa shape index (κ2) is 7.33. The highest BCUT2D eigenvalue weighted by molar-refractivity contribution is 6.07. The van der Waals surface area contributed by atoms with Crippen molar-refractivity contribution in [3.8, 4) is 5.75 Å².